The van der Waals surface area contributed by atoms with Crippen LogP contribution in [0, 0.1) is 5.92 Å². The van der Waals surface area contributed by atoms with E-state index in [0.29, 0.717) is 12.5 Å². The summed E-state index contributed by atoms with van der Waals surface area (Å²) in [5, 5.41) is 2.92. The molecule has 3 heteroatoms. The van der Waals surface area contributed by atoms with Crippen molar-refractivity contribution in [2.45, 2.75) is 39.5 Å². The number of carbonyl (C=O) groups excluding carboxylic acids is 1. The standard InChI is InChI=1S/C15H24N2O/c1-4-5-13(10-16)15(18)17-14-8-6-12(7-9-14)11(2)3/h6-9,11,13H,4-5,10,16H2,1-3H3,(H,17,18). The number of anilines is 1. The van der Waals surface area contributed by atoms with Crippen LogP contribution in [0.3, 0.4) is 0 Å². The van der Waals surface area contributed by atoms with Crippen LogP contribution in [0.5, 0.6) is 0 Å². The second-order valence-electron chi connectivity index (χ2n) is 4.99. The fraction of sp³-hybridized carbons (Fsp3) is 0.533. The summed E-state index contributed by atoms with van der Waals surface area (Å²) >= 11 is 0. The minimum Gasteiger partial charge on any atom is -0.330 e. The molecule has 0 bridgehead atoms. The highest BCUT2D eigenvalue weighted by Gasteiger charge is 2.15. The third-order valence-electron chi connectivity index (χ3n) is 3.14. The maximum absolute atomic E-state index is 12.0. The Morgan fingerprint density at radius 2 is 1.89 bits per heavy atom. The highest BCUT2D eigenvalue weighted by molar-refractivity contribution is 5.92. The molecule has 1 aromatic rings. The number of hydrogen-bond donors (Lipinski definition) is 2. The Labute approximate surface area is 110 Å². The Bertz CT molecular complexity index is 371. The monoisotopic (exact) mass is 248 g/mol. The summed E-state index contributed by atoms with van der Waals surface area (Å²) < 4.78 is 0. The van der Waals surface area contributed by atoms with Gasteiger partial charge in [0, 0.05) is 12.2 Å². The number of benzene rings is 1. The van der Waals surface area contributed by atoms with Gasteiger partial charge in [0.15, 0.2) is 0 Å². The third kappa shape index (κ3) is 4.15. The number of amides is 1. The van der Waals surface area contributed by atoms with Crippen molar-refractivity contribution in [1.82, 2.24) is 0 Å². The predicted octanol–water partition coefficient (Wildman–Crippen LogP) is 3.12. The van der Waals surface area contributed by atoms with E-state index in [2.05, 4.69) is 38.2 Å². The summed E-state index contributed by atoms with van der Waals surface area (Å²) in [5.74, 6) is 0.447. The zero-order chi connectivity index (χ0) is 13.5. The van der Waals surface area contributed by atoms with Gasteiger partial charge in [0.05, 0.1) is 5.92 Å². The first-order valence-electron chi connectivity index (χ1n) is 6.69. The SMILES string of the molecule is CCCC(CN)C(=O)Nc1ccc(C(C)C)cc1. The van der Waals surface area contributed by atoms with Gasteiger partial charge >= 0.3 is 0 Å². The van der Waals surface area contributed by atoms with Crippen LogP contribution in [0.1, 0.15) is 45.1 Å². The Morgan fingerprint density at radius 3 is 2.33 bits per heavy atom. The summed E-state index contributed by atoms with van der Waals surface area (Å²) in [4.78, 5) is 12.0. The zero-order valence-corrected chi connectivity index (χ0v) is 11.6. The van der Waals surface area contributed by atoms with E-state index in [4.69, 9.17) is 5.73 Å². The molecule has 0 aromatic heterocycles. The van der Waals surface area contributed by atoms with Gasteiger partial charge in [-0.05, 0) is 30.0 Å². The number of nitrogens with two attached hydrogens (primary N) is 1. The molecule has 1 aromatic carbocycles. The van der Waals surface area contributed by atoms with Crippen molar-refractivity contribution in [3.63, 3.8) is 0 Å². The van der Waals surface area contributed by atoms with Gasteiger partial charge < -0.3 is 11.1 Å². The molecule has 0 saturated heterocycles. The highest BCUT2D eigenvalue weighted by Crippen LogP contribution is 2.18. The molecule has 0 radical (unpaired) electrons. The number of carbonyl (C=O) groups is 1. The molecule has 1 rings (SSSR count). The maximum atomic E-state index is 12.0. The maximum Gasteiger partial charge on any atom is 0.228 e. The summed E-state index contributed by atoms with van der Waals surface area (Å²) in [5.41, 5.74) is 7.74. The van der Waals surface area contributed by atoms with Crippen LogP contribution in [0.15, 0.2) is 24.3 Å². The smallest absolute Gasteiger partial charge is 0.228 e. The molecule has 3 nitrogen and oxygen atoms in total. The third-order valence-corrected chi connectivity index (χ3v) is 3.14. The molecule has 1 atom stereocenters. The van der Waals surface area contributed by atoms with Gasteiger partial charge in [-0.15, -0.1) is 0 Å². The molecular weight excluding hydrogens is 224 g/mol. The molecule has 0 aliphatic heterocycles. The molecule has 18 heavy (non-hydrogen) atoms. The van der Waals surface area contributed by atoms with E-state index in [1.807, 2.05) is 12.1 Å². The van der Waals surface area contributed by atoms with E-state index in [1.165, 1.54) is 5.56 Å². The molecule has 1 unspecified atom stereocenters. The van der Waals surface area contributed by atoms with E-state index >= 15 is 0 Å². The molecule has 0 fully saturated rings. The molecule has 100 valence electrons. The van der Waals surface area contributed by atoms with Crippen LogP contribution >= 0.6 is 0 Å². The molecule has 0 aliphatic rings. The van der Waals surface area contributed by atoms with Gasteiger partial charge in [0.1, 0.15) is 0 Å². The second kappa shape index (κ2) is 7.17. The van der Waals surface area contributed by atoms with Crippen molar-refractivity contribution < 1.29 is 4.79 Å². The van der Waals surface area contributed by atoms with Crippen LogP contribution in [0.4, 0.5) is 5.69 Å². The van der Waals surface area contributed by atoms with Crippen LogP contribution in [-0.4, -0.2) is 12.5 Å². The lowest BCUT2D eigenvalue weighted by Gasteiger charge is -2.14. The van der Waals surface area contributed by atoms with E-state index in [1.54, 1.807) is 0 Å². The van der Waals surface area contributed by atoms with Crippen molar-refractivity contribution in [2.75, 3.05) is 11.9 Å². The van der Waals surface area contributed by atoms with E-state index in [0.717, 1.165) is 18.5 Å². The first-order valence-corrected chi connectivity index (χ1v) is 6.69. The quantitative estimate of drug-likeness (QED) is 0.812. The van der Waals surface area contributed by atoms with Crippen molar-refractivity contribution in [3.05, 3.63) is 29.8 Å². The van der Waals surface area contributed by atoms with Gasteiger partial charge in [0.25, 0.3) is 0 Å². The highest BCUT2D eigenvalue weighted by atomic mass is 16.1. The van der Waals surface area contributed by atoms with E-state index in [9.17, 15) is 4.79 Å². The largest absolute Gasteiger partial charge is 0.330 e. The lowest BCUT2D eigenvalue weighted by molar-refractivity contribution is -0.119. The number of rotatable bonds is 6. The average molecular weight is 248 g/mol. The Kier molecular flexibility index (Phi) is 5.86. The minimum atomic E-state index is -0.0835. The van der Waals surface area contributed by atoms with Crippen molar-refractivity contribution in [2.24, 2.45) is 11.7 Å². The average Bonchev–Trinajstić information content (AvgIpc) is 2.36. The zero-order valence-electron chi connectivity index (χ0n) is 11.6. The fourth-order valence-electron chi connectivity index (χ4n) is 1.90. The van der Waals surface area contributed by atoms with E-state index in [-0.39, 0.29) is 11.8 Å². The summed E-state index contributed by atoms with van der Waals surface area (Å²) in [6, 6.07) is 8.01. The Balaban J connectivity index is 2.63. The van der Waals surface area contributed by atoms with Crippen LogP contribution in [0.2, 0.25) is 0 Å². The van der Waals surface area contributed by atoms with Gasteiger partial charge in [0.2, 0.25) is 5.91 Å². The topological polar surface area (TPSA) is 55.1 Å². The molecule has 3 N–H and O–H groups in total. The number of nitrogens with one attached hydrogen (secondary N) is 1. The van der Waals surface area contributed by atoms with Crippen LogP contribution in [-0.2, 0) is 4.79 Å². The summed E-state index contributed by atoms with van der Waals surface area (Å²) in [6.07, 6.45) is 1.81. The molecule has 0 heterocycles. The van der Waals surface area contributed by atoms with Crippen LogP contribution in [0.25, 0.3) is 0 Å². The molecule has 0 spiro atoms. The predicted molar refractivity (Wildman–Crippen MR) is 76.6 cm³/mol. The fourth-order valence-corrected chi connectivity index (χ4v) is 1.90. The second-order valence-corrected chi connectivity index (χ2v) is 4.99. The Morgan fingerprint density at radius 1 is 1.28 bits per heavy atom. The van der Waals surface area contributed by atoms with Crippen molar-refractivity contribution in [1.29, 1.82) is 0 Å². The lowest BCUT2D eigenvalue weighted by Crippen LogP contribution is -2.29. The van der Waals surface area contributed by atoms with Gasteiger partial charge in [-0.25, -0.2) is 0 Å². The lowest BCUT2D eigenvalue weighted by atomic mass is 10.0. The number of hydrogen-bond acceptors (Lipinski definition) is 2. The summed E-state index contributed by atoms with van der Waals surface area (Å²) in [7, 11) is 0. The van der Waals surface area contributed by atoms with Gasteiger partial charge in [-0.1, -0.05) is 39.3 Å². The van der Waals surface area contributed by atoms with E-state index < -0.39 is 0 Å². The van der Waals surface area contributed by atoms with Gasteiger partial charge in [-0.2, -0.15) is 0 Å². The molecular formula is C15H24N2O. The van der Waals surface area contributed by atoms with Gasteiger partial charge in [-0.3, -0.25) is 4.79 Å². The van der Waals surface area contributed by atoms with Crippen LogP contribution < -0.4 is 11.1 Å². The first-order chi connectivity index (χ1) is 8.58. The first kappa shape index (κ1) is 14.7. The minimum absolute atomic E-state index is 0.0247. The summed E-state index contributed by atoms with van der Waals surface area (Å²) in [6.45, 7) is 6.77. The van der Waals surface area contributed by atoms with Crippen molar-refractivity contribution in [3.8, 4) is 0 Å². The Hall–Kier alpha value is -1.35. The normalized spacial score (nSPS) is 12.5. The molecule has 0 aliphatic carbocycles. The van der Waals surface area contributed by atoms with Crippen molar-refractivity contribution >= 4 is 11.6 Å². The molecule has 0 saturated carbocycles. The molecule has 1 amide bonds.